The van der Waals surface area contributed by atoms with Crippen molar-refractivity contribution in [1.29, 1.82) is 0 Å². The molecule has 1 aliphatic carbocycles. The summed E-state index contributed by atoms with van der Waals surface area (Å²) in [6.45, 7) is 3.94. The first-order chi connectivity index (χ1) is 8.65. The van der Waals surface area contributed by atoms with Gasteiger partial charge in [-0.25, -0.2) is 4.98 Å². The molecule has 3 unspecified atom stereocenters. The summed E-state index contributed by atoms with van der Waals surface area (Å²) in [6, 6.07) is 4.13. The van der Waals surface area contributed by atoms with E-state index in [0.717, 1.165) is 37.3 Å². The Kier molecular flexibility index (Phi) is 2.99. The molecule has 0 bridgehead atoms. The first-order valence-electron chi connectivity index (χ1n) is 6.79. The van der Waals surface area contributed by atoms with Crippen molar-refractivity contribution in [2.75, 3.05) is 18.0 Å². The van der Waals surface area contributed by atoms with Crippen LogP contribution in [0.2, 0.25) is 0 Å². The molecule has 4 heteroatoms. The average Bonchev–Trinajstić information content (AvgIpc) is 2.92. The predicted octanol–water partition coefficient (Wildman–Crippen LogP) is 1.31. The van der Waals surface area contributed by atoms with Gasteiger partial charge in [0.25, 0.3) is 0 Å². The molecule has 3 N–H and O–H groups in total. The lowest BCUT2D eigenvalue weighted by Crippen LogP contribution is -2.25. The van der Waals surface area contributed by atoms with Crippen molar-refractivity contribution in [2.24, 2.45) is 17.6 Å². The minimum absolute atomic E-state index is 0.0336. The molecule has 1 saturated carbocycles. The van der Waals surface area contributed by atoms with Crippen LogP contribution in [0.15, 0.2) is 18.3 Å². The molecular formula is C14H21N3O. The molecule has 0 amide bonds. The fourth-order valence-corrected chi connectivity index (χ4v) is 3.28. The van der Waals surface area contributed by atoms with E-state index in [0.29, 0.717) is 11.8 Å². The Balaban J connectivity index is 1.73. The minimum Gasteiger partial charge on any atom is -0.393 e. The standard InChI is InChI=1S/C14H21N3O/c1-9(15)10-3-5-14(16-6-10)17-7-11-2-4-13(18)12(11)8-17/h3,5-6,9,11-13,18H,2,4,7-8,15H2,1H3/t9-,11?,12?,13?/m0/s1. The van der Waals surface area contributed by atoms with Crippen molar-refractivity contribution in [3.8, 4) is 0 Å². The van der Waals surface area contributed by atoms with Crippen molar-refractivity contribution in [3.05, 3.63) is 23.9 Å². The molecule has 18 heavy (non-hydrogen) atoms. The van der Waals surface area contributed by atoms with E-state index in [4.69, 9.17) is 5.73 Å². The van der Waals surface area contributed by atoms with E-state index < -0.39 is 0 Å². The molecule has 1 aromatic rings. The van der Waals surface area contributed by atoms with E-state index in [1.165, 1.54) is 0 Å². The molecule has 0 aromatic carbocycles. The molecule has 4 atom stereocenters. The van der Waals surface area contributed by atoms with Gasteiger partial charge in [-0.05, 0) is 37.3 Å². The molecular weight excluding hydrogens is 226 g/mol. The second-order valence-corrected chi connectivity index (χ2v) is 5.71. The third-order valence-corrected chi connectivity index (χ3v) is 4.44. The lowest BCUT2D eigenvalue weighted by Gasteiger charge is -2.19. The van der Waals surface area contributed by atoms with Crippen molar-refractivity contribution >= 4 is 5.82 Å². The largest absolute Gasteiger partial charge is 0.393 e. The first kappa shape index (κ1) is 11.9. The van der Waals surface area contributed by atoms with Crippen LogP contribution in [0.4, 0.5) is 5.82 Å². The smallest absolute Gasteiger partial charge is 0.128 e. The topological polar surface area (TPSA) is 62.4 Å². The molecule has 3 rings (SSSR count). The zero-order valence-electron chi connectivity index (χ0n) is 10.8. The van der Waals surface area contributed by atoms with E-state index in [-0.39, 0.29) is 12.1 Å². The summed E-state index contributed by atoms with van der Waals surface area (Å²) in [6.07, 6.45) is 3.88. The molecule has 1 aromatic heterocycles. The Bertz CT molecular complexity index is 418. The number of aromatic nitrogens is 1. The van der Waals surface area contributed by atoms with Crippen LogP contribution in [0.3, 0.4) is 0 Å². The van der Waals surface area contributed by atoms with E-state index in [1.807, 2.05) is 19.2 Å². The fraction of sp³-hybridized carbons (Fsp3) is 0.643. The van der Waals surface area contributed by atoms with Gasteiger partial charge in [0.2, 0.25) is 0 Å². The van der Waals surface area contributed by atoms with Crippen LogP contribution in [0.1, 0.15) is 31.4 Å². The zero-order valence-corrected chi connectivity index (χ0v) is 10.8. The summed E-state index contributed by atoms with van der Waals surface area (Å²) < 4.78 is 0. The zero-order chi connectivity index (χ0) is 12.7. The van der Waals surface area contributed by atoms with Gasteiger partial charge in [0.1, 0.15) is 5.82 Å². The number of nitrogens with zero attached hydrogens (tertiary/aromatic N) is 2. The third-order valence-electron chi connectivity index (χ3n) is 4.44. The summed E-state index contributed by atoms with van der Waals surface area (Å²) in [5, 5.41) is 9.92. The maximum absolute atomic E-state index is 9.92. The summed E-state index contributed by atoms with van der Waals surface area (Å²) in [4.78, 5) is 6.79. The van der Waals surface area contributed by atoms with Gasteiger partial charge < -0.3 is 15.7 Å². The second-order valence-electron chi connectivity index (χ2n) is 5.71. The van der Waals surface area contributed by atoms with Gasteiger partial charge in [0, 0.05) is 31.2 Å². The lowest BCUT2D eigenvalue weighted by atomic mass is 10.00. The minimum atomic E-state index is -0.108. The van der Waals surface area contributed by atoms with Gasteiger partial charge in [-0.3, -0.25) is 0 Å². The number of nitrogens with two attached hydrogens (primary N) is 1. The lowest BCUT2D eigenvalue weighted by molar-refractivity contribution is 0.133. The van der Waals surface area contributed by atoms with Gasteiger partial charge in [0.05, 0.1) is 6.10 Å². The van der Waals surface area contributed by atoms with Gasteiger partial charge >= 0.3 is 0 Å². The Morgan fingerprint density at radius 1 is 1.39 bits per heavy atom. The molecule has 1 saturated heterocycles. The van der Waals surface area contributed by atoms with Crippen LogP contribution in [-0.2, 0) is 0 Å². The summed E-state index contributed by atoms with van der Waals surface area (Å²) in [7, 11) is 0. The molecule has 0 radical (unpaired) electrons. The highest BCUT2D eigenvalue weighted by Gasteiger charge is 2.42. The molecule has 4 nitrogen and oxygen atoms in total. The average molecular weight is 247 g/mol. The number of fused-ring (bicyclic) bond motifs is 1. The fourth-order valence-electron chi connectivity index (χ4n) is 3.28. The normalized spacial score (nSPS) is 32.6. The SMILES string of the molecule is C[C@H](N)c1ccc(N2CC3CCC(O)C3C2)nc1. The highest BCUT2D eigenvalue weighted by Crippen LogP contribution is 2.39. The second kappa shape index (κ2) is 4.52. The number of hydrogen-bond donors (Lipinski definition) is 2. The van der Waals surface area contributed by atoms with Crippen LogP contribution in [-0.4, -0.2) is 29.3 Å². The highest BCUT2D eigenvalue weighted by atomic mass is 16.3. The Morgan fingerprint density at radius 3 is 2.83 bits per heavy atom. The van der Waals surface area contributed by atoms with Gasteiger partial charge in [-0.2, -0.15) is 0 Å². The van der Waals surface area contributed by atoms with Gasteiger partial charge in [-0.15, -0.1) is 0 Å². The molecule has 0 spiro atoms. The quantitative estimate of drug-likeness (QED) is 0.827. The first-order valence-corrected chi connectivity index (χ1v) is 6.79. The Labute approximate surface area is 108 Å². The van der Waals surface area contributed by atoms with Gasteiger partial charge in [0.15, 0.2) is 0 Å². The van der Waals surface area contributed by atoms with Crippen molar-refractivity contribution in [3.63, 3.8) is 0 Å². The van der Waals surface area contributed by atoms with E-state index in [2.05, 4.69) is 16.0 Å². The maximum Gasteiger partial charge on any atom is 0.128 e. The van der Waals surface area contributed by atoms with Crippen LogP contribution in [0.25, 0.3) is 0 Å². The molecule has 2 aliphatic rings. The predicted molar refractivity (Wildman–Crippen MR) is 71.3 cm³/mol. The molecule has 1 aliphatic heterocycles. The van der Waals surface area contributed by atoms with Crippen LogP contribution < -0.4 is 10.6 Å². The Hall–Kier alpha value is -1.13. The maximum atomic E-state index is 9.92. The number of rotatable bonds is 2. The number of pyridine rings is 1. The summed E-state index contributed by atoms with van der Waals surface area (Å²) >= 11 is 0. The van der Waals surface area contributed by atoms with E-state index in [1.54, 1.807) is 0 Å². The number of hydrogen-bond acceptors (Lipinski definition) is 4. The molecule has 2 fully saturated rings. The van der Waals surface area contributed by atoms with Crippen LogP contribution >= 0.6 is 0 Å². The molecule has 2 heterocycles. The molecule has 98 valence electrons. The number of anilines is 1. The number of aliphatic hydroxyl groups is 1. The van der Waals surface area contributed by atoms with E-state index >= 15 is 0 Å². The Morgan fingerprint density at radius 2 is 2.22 bits per heavy atom. The summed E-state index contributed by atoms with van der Waals surface area (Å²) in [5.41, 5.74) is 6.89. The van der Waals surface area contributed by atoms with Crippen LogP contribution in [0, 0.1) is 11.8 Å². The summed E-state index contributed by atoms with van der Waals surface area (Å²) in [5.74, 6) is 2.11. The third kappa shape index (κ3) is 1.99. The van der Waals surface area contributed by atoms with Crippen molar-refractivity contribution < 1.29 is 5.11 Å². The van der Waals surface area contributed by atoms with Crippen LogP contribution in [0.5, 0.6) is 0 Å². The van der Waals surface area contributed by atoms with Crippen molar-refractivity contribution in [2.45, 2.75) is 31.9 Å². The monoisotopic (exact) mass is 247 g/mol. The number of aliphatic hydroxyl groups excluding tert-OH is 1. The van der Waals surface area contributed by atoms with E-state index in [9.17, 15) is 5.11 Å². The van der Waals surface area contributed by atoms with Gasteiger partial charge in [-0.1, -0.05) is 6.07 Å². The van der Waals surface area contributed by atoms with Crippen molar-refractivity contribution in [1.82, 2.24) is 4.98 Å². The highest BCUT2D eigenvalue weighted by molar-refractivity contribution is 5.41.